The minimum Gasteiger partial charge on any atom is -0.497 e. The summed E-state index contributed by atoms with van der Waals surface area (Å²) in [5.74, 6) is 0.794. The lowest BCUT2D eigenvalue weighted by Crippen LogP contribution is -2.25. The van der Waals surface area contributed by atoms with Gasteiger partial charge in [0.05, 0.1) is 12.6 Å². The maximum Gasteiger partial charge on any atom is 0.254 e. The molecule has 4 nitrogen and oxygen atoms in total. The van der Waals surface area contributed by atoms with E-state index in [2.05, 4.69) is 0 Å². The van der Waals surface area contributed by atoms with Crippen molar-refractivity contribution in [1.29, 1.82) is 0 Å². The first-order chi connectivity index (χ1) is 8.60. The molecule has 1 heterocycles. The Kier molecular flexibility index (Phi) is 3.39. The number of pyridine rings is 1. The quantitative estimate of drug-likeness (QED) is 0.889. The van der Waals surface area contributed by atoms with Gasteiger partial charge >= 0.3 is 0 Å². The second-order valence-electron chi connectivity index (χ2n) is 4.39. The average molecular weight is 246 g/mol. The molecule has 0 radical (unpaired) electrons. The van der Waals surface area contributed by atoms with E-state index in [0.29, 0.717) is 13.0 Å². The number of aromatic nitrogens is 1. The Morgan fingerprint density at radius 2 is 2.11 bits per heavy atom. The molecular weight excluding hydrogens is 228 g/mol. The van der Waals surface area contributed by atoms with Crippen molar-refractivity contribution in [3.8, 4) is 5.75 Å². The Morgan fingerprint density at radius 3 is 2.72 bits per heavy atom. The normalized spacial score (nSPS) is 10.9. The largest absolute Gasteiger partial charge is 0.497 e. The van der Waals surface area contributed by atoms with Gasteiger partial charge in [0.15, 0.2) is 0 Å². The van der Waals surface area contributed by atoms with Crippen LogP contribution in [0.25, 0.3) is 10.9 Å². The first-order valence-electron chi connectivity index (χ1n) is 5.96. The maximum atomic E-state index is 12.2. The number of benzene rings is 1. The van der Waals surface area contributed by atoms with Gasteiger partial charge in [0.25, 0.3) is 5.56 Å². The highest BCUT2D eigenvalue weighted by Gasteiger charge is 2.11. The third kappa shape index (κ3) is 1.88. The fourth-order valence-electron chi connectivity index (χ4n) is 2.31. The highest BCUT2D eigenvalue weighted by Crippen LogP contribution is 2.24. The molecule has 2 aromatic rings. The zero-order valence-corrected chi connectivity index (χ0v) is 11.0. The molecule has 4 heteroatoms. The summed E-state index contributed by atoms with van der Waals surface area (Å²) in [7, 11) is 3.43. The van der Waals surface area contributed by atoms with Crippen LogP contribution < -0.4 is 16.0 Å². The van der Waals surface area contributed by atoms with Crippen LogP contribution in [-0.4, -0.2) is 18.2 Å². The summed E-state index contributed by atoms with van der Waals surface area (Å²) >= 11 is 0. The molecule has 0 aliphatic carbocycles. The van der Waals surface area contributed by atoms with Crippen molar-refractivity contribution < 1.29 is 4.74 Å². The molecule has 18 heavy (non-hydrogen) atoms. The van der Waals surface area contributed by atoms with Crippen molar-refractivity contribution in [3.05, 3.63) is 39.7 Å². The first kappa shape index (κ1) is 12.6. The first-order valence-corrected chi connectivity index (χ1v) is 5.96. The van der Waals surface area contributed by atoms with Crippen LogP contribution >= 0.6 is 0 Å². The lowest BCUT2D eigenvalue weighted by atomic mass is 10.0. The van der Waals surface area contributed by atoms with Gasteiger partial charge in [0, 0.05) is 18.0 Å². The van der Waals surface area contributed by atoms with Crippen molar-refractivity contribution in [2.24, 2.45) is 12.8 Å². The molecule has 0 unspecified atom stereocenters. The number of fused-ring (bicyclic) bond motifs is 1. The Hall–Kier alpha value is -1.81. The number of hydrogen-bond donors (Lipinski definition) is 1. The van der Waals surface area contributed by atoms with E-state index in [-0.39, 0.29) is 5.56 Å². The molecule has 0 aliphatic rings. The van der Waals surface area contributed by atoms with Crippen LogP contribution in [-0.2, 0) is 13.5 Å². The topological polar surface area (TPSA) is 57.2 Å². The van der Waals surface area contributed by atoms with Crippen molar-refractivity contribution in [3.63, 3.8) is 0 Å². The molecule has 0 saturated heterocycles. The zero-order chi connectivity index (χ0) is 13.3. The van der Waals surface area contributed by atoms with Crippen LogP contribution in [0.15, 0.2) is 23.0 Å². The molecule has 0 bridgehead atoms. The van der Waals surface area contributed by atoms with E-state index in [0.717, 1.165) is 27.8 Å². The minimum absolute atomic E-state index is 0.0376. The monoisotopic (exact) mass is 246 g/mol. The summed E-state index contributed by atoms with van der Waals surface area (Å²) in [6.45, 7) is 2.44. The van der Waals surface area contributed by atoms with Gasteiger partial charge in [0.2, 0.25) is 0 Å². The van der Waals surface area contributed by atoms with E-state index < -0.39 is 0 Å². The summed E-state index contributed by atoms with van der Waals surface area (Å²) in [6.07, 6.45) is 0.603. The van der Waals surface area contributed by atoms with Gasteiger partial charge in [-0.05, 0) is 43.7 Å². The number of hydrogen-bond acceptors (Lipinski definition) is 3. The van der Waals surface area contributed by atoms with Crippen LogP contribution in [0.3, 0.4) is 0 Å². The second-order valence-corrected chi connectivity index (χ2v) is 4.39. The summed E-state index contributed by atoms with van der Waals surface area (Å²) in [6, 6.07) is 5.74. The molecule has 0 spiro atoms. The fraction of sp³-hybridized carbons (Fsp3) is 0.357. The van der Waals surface area contributed by atoms with E-state index in [1.807, 2.05) is 25.1 Å². The smallest absolute Gasteiger partial charge is 0.254 e. The number of ether oxygens (including phenoxy) is 1. The summed E-state index contributed by atoms with van der Waals surface area (Å²) in [4.78, 5) is 12.2. The van der Waals surface area contributed by atoms with Crippen LogP contribution in [0.5, 0.6) is 5.75 Å². The van der Waals surface area contributed by atoms with Gasteiger partial charge in [-0.15, -0.1) is 0 Å². The van der Waals surface area contributed by atoms with E-state index in [1.165, 1.54) is 0 Å². The predicted octanol–water partition coefficient (Wildman–Crippen LogP) is 1.36. The van der Waals surface area contributed by atoms with E-state index in [4.69, 9.17) is 10.5 Å². The highest BCUT2D eigenvalue weighted by molar-refractivity contribution is 5.84. The molecule has 0 saturated carbocycles. The molecular formula is C14H18N2O2. The molecule has 1 aromatic heterocycles. The van der Waals surface area contributed by atoms with Crippen molar-refractivity contribution in [2.75, 3.05) is 13.7 Å². The number of nitrogens with two attached hydrogens (primary N) is 1. The Morgan fingerprint density at radius 1 is 1.39 bits per heavy atom. The summed E-state index contributed by atoms with van der Waals surface area (Å²) in [5, 5.41) is 1.04. The van der Waals surface area contributed by atoms with Crippen molar-refractivity contribution >= 4 is 10.9 Å². The highest BCUT2D eigenvalue weighted by atomic mass is 16.5. The zero-order valence-electron chi connectivity index (χ0n) is 11.0. The number of aryl methyl sites for hydroxylation is 2. The van der Waals surface area contributed by atoms with Crippen LogP contribution in [0.2, 0.25) is 0 Å². The van der Waals surface area contributed by atoms with Gasteiger partial charge in [-0.3, -0.25) is 4.79 Å². The molecule has 1 aromatic carbocycles. The van der Waals surface area contributed by atoms with Crippen LogP contribution in [0.4, 0.5) is 0 Å². The Balaban J connectivity index is 2.85. The van der Waals surface area contributed by atoms with E-state index in [1.54, 1.807) is 18.7 Å². The molecule has 0 aliphatic heterocycles. The van der Waals surface area contributed by atoms with Crippen LogP contribution in [0.1, 0.15) is 11.1 Å². The predicted molar refractivity (Wildman–Crippen MR) is 73.2 cm³/mol. The lowest BCUT2D eigenvalue weighted by molar-refractivity contribution is 0.415. The van der Waals surface area contributed by atoms with Gasteiger partial charge in [-0.1, -0.05) is 0 Å². The van der Waals surface area contributed by atoms with Crippen LogP contribution in [0, 0.1) is 6.92 Å². The number of rotatable bonds is 3. The number of nitrogens with zero attached hydrogens (tertiary/aromatic N) is 1. The number of methoxy groups -OCH3 is 1. The molecule has 0 atom stereocenters. The van der Waals surface area contributed by atoms with Gasteiger partial charge in [0.1, 0.15) is 5.75 Å². The molecule has 96 valence electrons. The third-order valence-corrected chi connectivity index (χ3v) is 3.38. The van der Waals surface area contributed by atoms with Gasteiger partial charge in [-0.2, -0.15) is 0 Å². The summed E-state index contributed by atoms with van der Waals surface area (Å²) < 4.78 is 6.91. The molecule has 0 fully saturated rings. The van der Waals surface area contributed by atoms with Crippen molar-refractivity contribution in [1.82, 2.24) is 4.57 Å². The van der Waals surface area contributed by atoms with E-state index >= 15 is 0 Å². The lowest BCUT2D eigenvalue weighted by Gasteiger charge is -2.13. The standard InChI is InChI=1S/C14H18N2O2/c1-9-11(6-7-15)14(17)16(2)13-5-4-10(18-3)8-12(9)13/h4-5,8H,6-7,15H2,1-3H3. The van der Waals surface area contributed by atoms with Crippen molar-refractivity contribution in [2.45, 2.75) is 13.3 Å². The SMILES string of the molecule is COc1ccc2c(c1)c(C)c(CCN)c(=O)n2C. The van der Waals surface area contributed by atoms with E-state index in [9.17, 15) is 4.79 Å². The fourth-order valence-corrected chi connectivity index (χ4v) is 2.31. The molecule has 2 N–H and O–H groups in total. The Bertz CT molecular complexity index is 644. The maximum absolute atomic E-state index is 12.2. The van der Waals surface area contributed by atoms with Gasteiger partial charge in [-0.25, -0.2) is 0 Å². The summed E-state index contributed by atoms with van der Waals surface area (Å²) in [5.41, 5.74) is 8.32. The molecule has 0 amide bonds. The third-order valence-electron chi connectivity index (χ3n) is 3.38. The second kappa shape index (κ2) is 4.82. The minimum atomic E-state index is 0.0376. The van der Waals surface area contributed by atoms with Gasteiger partial charge < -0.3 is 15.0 Å². The molecule has 2 rings (SSSR count). The average Bonchev–Trinajstić information content (AvgIpc) is 2.40. The Labute approximate surface area is 106 Å².